The van der Waals surface area contributed by atoms with Crippen molar-refractivity contribution in [1.29, 1.82) is 0 Å². The highest BCUT2D eigenvalue weighted by Gasteiger charge is 2.44. The van der Waals surface area contributed by atoms with Gasteiger partial charge in [0.1, 0.15) is 6.04 Å². The summed E-state index contributed by atoms with van der Waals surface area (Å²) in [5, 5.41) is 1.03. The van der Waals surface area contributed by atoms with Gasteiger partial charge in [-0.3, -0.25) is 9.59 Å². The number of carbonyl (C=O) groups excluding carboxylic acids is 3. The van der Waals surface area contributed by atoms with Crippen LogP contribution < -0.4 is 4.90 Å². The number of hydrogen-bond acceptors (Lipinski definition) is 7. The van der Waals surface area contributed by atoms with Gasteiger partial charge in [0.25, 0.3) is 0 Å². The number of ether oxygens (including phenoxy) is 1. The van der Waals surface area contributed by atoms with Gasteiger partial charge in [-0.05, 0) is 42.1 Å². The summed E-state index contributed by atoms with van der Waals surface area (Å²) in [4.78, 5) is 40.8. The number of fused-ring (bicyclic) bond motifs is 1. The Morgan fingerprint density at radius 1 is 1.00 bits per heavy atom. The normalized spacial score (nSPS) is 17.8. The lowest BCUT2D eigenvalue weighted by Crippen LogP contribution is -2.49. The highest BCUT2D eigenvalue weighted by atomic mass is 32.2. The lowest BCUT2D eigenvalue weighted by molar-refractivity contribution is -0.136. The first-order chi connectivity index (χ1) is 18.0. The second kappa shape index (κ2) is 11.1. The Kier molecular flexibility index (Phi) is 8.10. The Hall–Kier alpha value is -3.41. The van der Waals surface area contributed by atoms with E-state index in [1.807, 2.05) is 18.2 Å². The standard InChI is InChI=1S/C27H29N3O6S2/c1-28(17-25(31)29(2)20-13-11-19(12-14-20)27(33)36-3)26(32)23-15-21(37)16-30(23)38(34,35)24-10-6-8-18-7-4-5-9-22(18)24/h4-14,21,23,37H,15-17H2,1-3H3/t21-,23+/m1/s1. The van der Waals surface area contributed by atoms with Gasteiger partial charge >= 0.3 is 5.97 Å². The number of amides is 2. The molecule has 0 aromatic heterocycles. The summed E-state index contributed by atoms with van der Waals surface area (Å²) in [6, 6.07) is 17.5. The summed E-state index contributed by atoms with van der Waals surface area (Å²) in [5.74, 6) is -1.35. The molecular weight excluding hydrogens is 526 g/mol. The third-order valence-corrected chi connectivity index (χ3v) is 8.96. The number of hydrogen-bond donors (Lipinski definition) is 1. The smallest absolute Gasteiger partial charge is 0.337 e. The van der Waals surface area contributed by atoms with Gasteiger partial charge in [-0.15, -0.1) is 0 Å². The molecule has 3 aromatic rings. The van der Waals surface area contributed by atoms with Crippen LogP contribution >= 0.6 is 12.6 Å². The van der Waals surface area contributed by atoms with E-state index in [2.05, 4.69) is 17.4 Å². The minimum Gasteiger partial charge on any atom is -0.465 e. The summed E-state index contributed by atoms with van der Waals surface area (Å²) < 4.78 is 33.4. The van der Waals surface area contributed by atoms with Crippen LogP contribution in [-0.4, -0.2) is 81.0 Å². The van der Waals surface area contributed by atoms with Gasteiger partial charge in [0.05, 0.1) is 24.1 Å². The van der Waals surface area contributed by atoms with Crippen LogP contribution in [0.4, 0.5) is 5.69 Å². The number of benzene rings is 3. The first-order valence-corrected chi connectivity index (χ1v) is 13.9. The average molecular weight is 556 g/mol. The molecule has 3 aromatic carbocycles. The number of sulfonamides is 1. The van der Waals surface area contributed by atoms with Gasteiger partial charge in [0, 0.05) is 37.0 Å². The van der Waals surface area contributed by atoms with Crippen LogP contribution in [0, 0.1) is 0 Å². The van der Waals surface area contributed by atoms with Crippen LogP contribution in [0.2, 0.25) is 0 Å². The SMILES string of the molecule is COC(=O)c1ccc(N(C)C(=O)CN(C)C(=O)[C@@H]2C[C@@H](S)CN2S(=O)(=O)c2cccc3ccccc23)cc1. The summed E-state index contributed by atoms with van der Waals surface area (Å²) in [6.45, 7) is -0.177. The molecule has 38 heavy (non-hydrogen) atoms. The highest BCUT2D eigenvalue weighted by Crippen LogP contribution is 2.33. The van der Waals surface area contributed by atoms with Crippen molar-refractivity contribution in [3.05, 3.63) is 72.3 Å². The molecule has 1 fully saturated rings. The molecule has 1 heterocycles. The van der Waals surface area contributed by atoms with E-state index in [9.17, 15) is 22.8 Å². The third-order valence-electron chi connectivity index (χ3n) is 6.65. The largest absolute Gasteiger partial charge is 0.465 e. The molecule has 200 valence electrons. The van der Waals surface area contributed by atoms with Gasteiger partial charge in [-0.25, -0.2) is 13.2 Å². The van der Waals surface area contributed by atoms with Crippen molar-refractivity contribution in [2.75, 3.05) is 39.2 Å². The van der Waals surface area contributed by atoms with Crippen LogP contribution in [0.15, 0.2) is 71.6 Å². The molecule has 0 N–H and O–H groups in total. The molecule has 2 atom stereocenters. The lowest BCUT2D eigenvalue weighted by atomic mass is 10.1. The topological polar surface area (TPSA) is 104 Å². The van der Waals surface area contributed by atoms with E-state index in [1.165, 1.54) is 28.3 Å². The Labute approximate surface area is 227 Å². The zero-order valence-corrected chi connectivity index (χ0v) is 23.0. The number of rotatable bonds is 7. The van der Waals surface area contributed by atoms with E-state index in [0.717, 1.165) is 5.39 Å². The van der Waals surface area contributed by atoms with Crippen LogP contribution in [0.5, 0.6) is 0 Å². The van der Waals surface area contributed by atoms with E-state index in [0.29, 0.717) is 16.6 Å². The summed E-state index contributed by atoms with van der Waals surface area (Å²) in [7, 11) is 0.297. The minimum atomic E-state index is -4.02. The molecule has 0 radical (unpaired) electrons. The maximum atomic E-state index is 13.8. The van der Waals surface area contributed by atoms with Crippen molar-refractivity contribution in [2.45, 2.75) is 22.6 Å². The molecule has 0 saturated carbocycles. The predicted octanol–water partition coefficient (Wildman–Crippen LogP) is 2.81. The number of thiol groups is 1. The van der Waals surface area contributed by atoms with Crippen LogP contribution in [-0.2, 0) is 24.3 Å². The fraction of sp³-hybridized carbons (Fsp3) is 0.296. The molecule has 0 aliphatic carbocycles. The summed E-state index contributed by atoms with van der Waals surface area (Å²) in [5.41, 5.74) is 0.874. The van der Waals surface area contributed by atoms with E-state index in [1.54, 1.807) is 55.6 Å². The quantitative estimate of drug-likeness (QED) is 0.355. The lowest BCUT2D eigenvalue weighted by Gasteiger charge is -2.28. The molecule has 1 saturated heterocycles. The molecular formula is C27H29N3O6S2. The zero-order chi connectivity index (χ0) is 27.6. The van der Waals surface area contributed by atoms with Crippen molar-refractivity contribution in [1.82, 2.24) is 9.21 Å². The number of nitrogens with zero attached hydrogens (tertiary/aromatic N) is 3. The monoisotopic (exact) mass is 555 g/mol. The van der Waals surface area contributed by atoms with E-state index in [-0.39, 0.29) is 35.6 Å². The van der Waals surface area contributed by atoms with Crippen molar-refractivity contribution in [3.8, 4) is 0 Å². The third kappa shape index (κ3) is 5.40. The molecule has 0 spiro atoms. The molecule has 2 amide bonds. The van der Waals surface area contributed by atoms with Gasteiger partial charge < -0.3 is 14.5 Å². The van der Waals surface area contributed by atoms with E-state index < -0.39 is 27.9 Å². The molecule has 1 aliphatic rings. The fourth-order valence-electron chi connectivity index (χ4n) is 4.55. The van der Waals surface area contributed by atoms with Crippen LogP contribution in [0.3, 0.4) is 0 Å². The predicted molar refractivity (Wildman–Crippen MR) is 148 cm³/mol. The Balaban J connectivity index is 1.51. The Morgan fingerprint density at radius 3 is 2.34 bits per heavy atom. The number of carbonyl (C=O) groups is 3. The fourth-order valence-corrected chi connectivity index (χ4v) is 6.89. The minimum absolute atomic E-state index is 0.0826. The first-order valence-electron chi connectivity index (χ1n) is 11.9. The summed E-state index contributed by atoms with van der Waals surface area (Å²) in [6.07, 6.45) is 0.231. The zero-order valence-electron chi connectivity index (χ0n) is 21.3. The second-order valence-corrected chi connectivity index (χ2v) is 11.7. The van der Waals surface area contributed by atoms with Gasteiger partial charge in [0.2, 0.25) is 21.8 Å². The van der Waals surface area contributed by atoms with E-state index in [4.69, 9.17) is 0 Å². The van der Waals surface area contributed by atoms with Crippen molar-refractivity contribution >= 4 is 56.9 Å². The molecule has 9 nitrogen and oxygen atoms in total. The maximum Gasteiger partial charge on any atom is 0.337 e. The molecule has 1 aliphatic heterocycles. The Bertz CT molecular complexity index is 1470. The molecule has 0 bridgehead atoms. The van der Waals surface area contributed by atoms with Crippen molar-refractivity contribution in [3.63, 3.8) is 0 Å². The number of anilines is 1. The first kappa shape index (κ1) is 27.6. The number of likely N-dealkylation sites (N-methyl/N-ethyl adjacent to an activating group) is 2. The number of methoxy groups -OCH3 is 1. The number of esters is 1. The average Bonchev–Trinajstić information content (AvgIpc) is 3.33. The van der Waals surface area contributed by atoms with E-state index >= 15 is 0 Å². The second-order valence-electron chi connectivity index (χ2n) is 9.14. The van der Waals surface area contributed by atoms with Crippen molar-refractivity contribution < 1.29 is 27.5 Å². The van der Waals surface area contributed by atoms with Crippen molar-refractivity contribution in [2.24, 2.45) is 0 Å². The highest BCUT2D eigenvalue weighted by molar-refractivity contribution is 7.89. The van der Waals surface area contributed by atoms with Crippen LogP contribution in [0.1, 0.15) is 16.8 Å². The maximum absolute atomic E-state index is 13.8. The molecule has 0 unspecified atom stereocenters. The molecule has 11 heteroatoms. The Morgan fingerprint density at radius 2 is 1.66 bits per heavy atom. The molecule has 4 rings (SSSR count). The summed E-state index contributed by atoms with van der Waals surface area (Å²) >= 11 is 4.49. The van der Waals surface area contributed by atoms with Crippen LogP contribution in [0.25, 0.3) is 10.8 Å². The van der Waals surface area contributed by atoms with Gasteiger partial charge in [-0.2, -0.15) is 16.9 Å². The van der Waals surface area contributed by atoms with Gasteiger partial charge in [0.15, 0.2) is 0 Å². The van der Waals surface area contributed by atoms with Gasteiger partial charge in [-0.1, -0.05) is 36.4 Å².